The number of nitrogens with one attached hydrogen (secondary N) is 4. The van der Waals surface area contributed by atoms with Gasteiger partial charge in [0.05, 0.1) is 39.1 Å². The number of aliphatic hydroxyl groups is 5. The first kappa shape index (κ1) is 107. The van der Waals surface area contributed by atoms with Crippen LogP contribution in [0.1, 0.15) is 69.2 Å². The predicted octanol–water partition coefficient (Wildman–Crippen LogP) is -2.15. The second-order valence-electron chi connectivity index (χ2n) is 20.6. The zero-order chi connectivity index (χ0) is 82.5. The first-order chi connectivity index (χ1) is 51.2. The summed E-state index contributed by atoms with van der Waals surface area (Å²) in [7, 11) is 7.33. The quantitative estimate of drug-likeness (QED) is 0.0238. The monoisotopic (exact) mass is 1540 g/mol. The Labute approximate surface area is 622 Å². The Balaban J connectivity index is -0.000000383. The minimum atomic E-state index is -0.593. The fourth-order valence-corrected chi connectivity index (χ4v) is 10.7. The number of carbonyl (C=O) groups is 13. The normalized spacial score (nSPS) is 19.9. The van der Waals surface area contributed by atoms with Gasteiger partial charge in [0, 0.05) is 121 Å². The second kappa shape index (κ2) is 66.4. The van der Waals surface area contributed by atoms with Crippen LogP contribution in [0.25, 0.3) is 0 Å². The Morgan fingerprint density at radius 2 is 0.698 bits per heavy atom. The minimum absolute atomic E-state index is 0.00176. The molecule has 44 nitrogen and oxygen atoms in total. The molecular formula is C62H124N16O28. The lowest BCUT2D eigenvalue weighted by atomic mass is 10.2. The van der Waals surface area contributed by atoms with Crippen molar-refractivity contribution in [3.63, 3.8) is 0 Å². The number of hydrogen-bond acceptors (Lipinski definition) is 28. The number of aliphatic hydroxyl groups excluding tert-OH is 5. The van der Waals surface area contributed by atoms with Crippen LogP contribution in [0.15, 0.2) is 0 Å². The molecule has 0 spiro atoms. The van der Waals surface area contributed by atoms with E-state index >= 15 is 0 Å². The number of amides is 16. The standard InChI is InChI=1S/C14H26N4O4.C12H22N4O6.C11H22N2O3.C9H18N2O5.C6H14N2O2.C5H12N2O3.5CH2O/c1-5-15-11-12(17(13(15)19)9-21-7-3)18(10-22-8-4)14(20)16(11)6-2;1-21-7-15-10-9(13(3-5-17)11(15)19)14(4-6-18)12(20)16(10)8-22-2;1-5-12-9(4)10(16-7-3)13(11(12)14)8-15-6-2;1-15-6-11-8(16-2)7(5-13)10(3-4-12)9(11)14;1-3-7-6(9)8-5-10-4-2;1-10-4-7-5(9)6-2-3-8;5*1-2/h11-12H,5-10H2,1-4H3;9-10,17-18H,3-8H2,1-2H3;9-10H,5-8H2,1-4H3;7-8,12-13H,3-6H2,1-2H3;3-5H2,1-2H3,(H2,7,8,9);8H,2-4H2,1H3,(H2,6,7,9);5*1H2. The van der Waals surface area contributed by atoms with Gasteiger partial charge in [0.15, 0.2) is 24.8 Å². The van der Waals surface area contributed by atoms with E-state index in [0.717, 1.165) is 0 Å². The molecule has 44 heteroatoms. The molecule has 106 heavy (non-hydrogen) atoms. The summed E-state index contributed by atoms with van der Waals surface area (Å²) in [5, 5.41) is 54.6. The number of β-amino-alcohol motifs (C(OH)–C–C–N with tert-alkyl or cyclic N) is 3. The van der Waals surface area contributed by atoms with Crippen LogP contribution in [0.2, 0.25) is 0 Å². The highest BCUT2D eigenvalue weighted by Gasteiger charge is 2.60. The van der Waals surface area contributed by atoms with Crippen molar-refractivity contribution in [3.8, 4) is 0 Å². The molecule has 6 aliphatic heterocycles. The van der Waals surface area contributed by atoms with Gasteiger partial charge in [-0.3, -0.25) is 39.2 Å². The van der Waals surface area contributed by atoms with E-state index < -0.39 is 24.6 Å². The number of urea groups is 8. The molecule has 0 aromatic rings. The van der Waals surface area contributed by atoms with Crippen LogP contribution in [0.3, 0.4) is 0 Å². The highest BCUT2D eigenvalue weighted by molar-refractivity contribution is 5.86. The second-order valence-corrected chi connectivity index (χ2v) is 20.6. The van der Waals surface area contributed by atoms with Gasteiger partial charge in [-0.15, -0.1) is 0 Å². The van der Waals surface area contributed by atoms with Crippen LogP contribution in [-0.4, -0.2) is 424 Å². The molecule has 6 saturated heterocycles. The third kappa shape index (κ3) is 32.6. The summed E-state index contributed by atoms with van der Waals surface area (Å²) in [5.74, 6) is 0. The van der Waals surface area contributed by atoms with Crippen molar-refractivity contribution in [2.75, 3.05) is 208 Å². The molecule has 9 N–H and O–H groups in total. The summed E-state index contributed by atoms with van der Waals surface area (Å²) in [6.07, 6.45) is -2.57. The van der Waals surface area contributed by atoms with E-state index in [4.69, 9.17) is 76.8 Å². The molecule has 0 radical (unpaired) electrons. The maximum absolute atomic E-state index is 12.6. The van der Waals surface area contributed by atoms with Crippen LogP contribution in [0, 0.1) is 0 Å². The highest BCUT2D eigenvalue weighted by Crippen LogP contribution is 2.36. The fraction of sp³-hybridized carbons (Fsp3) is 0.790. The van der Waals surface area contributed by atoms with E-state index in [-0.39, 0.29) is 179 Å². The first-order valence-electron chi connectivity index (χ1n) is 33.6. The van der Waals surface area contributed by atoms with Gasteiger partial charge in [0.1, 0.15) is 106 Å². The lowest BCUT2D eigenvalue weighted by Gasteiger charge is -2.28. The largest absolute Gasteiger partial charge is 0.395 e. The average Bonchev–Trinajstić information content (AvgIpc) is 1.58. The Kier molecular flexibility index (Phi) is 66.7. The molecule has 6 heterocycles. The van der Waals surface area contributed by atoms with E-state index in [9.17, 15) is 53.7 Å². The maximum Gasteiger partial charge on any atom is 0.325 e. The number of carbonyl (C=O) groups excluding carboxylic acids is 13. The smallest absolute Gasteiger partial charge is 0.325 e. The summed E-state index contributed by atoms with van der Waals surface area (Å²) in [5.41, 5.74) is 0. The van der Waals surface area contributed by atoms with E-state index in [1.165, 1.54) is 64.9 Å². The lowest BCUT2D eigenvalue weighted by molar-refractivity contribution is -0.0987. The Morgan fingerprint density at radius 1 is 0.368 bits per heavy atom. The minimum Gasteiger partial charge on any atom is -0.395 e. The van der Waals surface area contributed by atoms with Gasteiger partial charge in [-0.25, -0.2) is 38.4 Å². The van der Waals surface area contributed by atoms with Gasteiger partial charge in [-0.2, -0.15) is 0 Å². The summed E-state index contributed by atoms with van der Waals surface area (Å²) in [4.78, 5) is 154. The summed E-state index contributed by atoms with van der Waals surface area (Å²) >= 11 is 0. The number of nitrogens with zero attached hydrogens (tertiary/aromatic N) is 12. The van der Waals surface area contributed by atoms with Crippen molar-refractivity contribution in [2.24, 2.45) is 0 Å². The molecule has 620 valence electrons. The van der Waals surface area contributed by atoms with Crippen LogP contribution in [-0.2, 0) is 71.3 Å². The van der Waals surface area contributed by atoms with Crippen LogP contribution < -0.4 is 21.3 Å². The van der Waals surface area contributed by atoms with Crippen LogP contribution in [0.4, 0.5) is 38.4 Å². The van der Waals surface area contributed by atoms with Gasteiger partial charge < -0.3 is 138 Å². The number of fused-ring (bicyclic) bond motifs is 2. The number of hydrogen-bond donors (Lipinski definition) is 9. The van der Waals surface area contributed by atoms with E-state index in [1.54, 1.807) is 29.4 Å². The van der Waals surface area contributed by atoms with Crippen molar-refractivity contribution in [2.45, 2.75) is 118 Å². The molecular weight excluding hydrogens is 1420 g/mol. The Bertz CT molecular complexity index is 2180. The fourth-order valence-electron chi connectivity index (χ4n) is 10.7. The van der Waals surface area contributed by atoms with E-state index in [1.807, 2.05) is 103 Å². The number of rotatable bonds is 36. The molecule has 0 aliphatic carbocycles. The summed E-state index contributed by atoms with van der Waals surface area (Å²) in [6, 6.07) is -2.07. The van der Waals surface area contributed by atoms with Crippen LogP contribution >= 0.6 is 0 Å². The molecule has 16 amide bonds. The maximum atomic E-state index is 12.6. The van der Waals surface area contributed by atoms with Crippen molar-refractivity contribution in [1.29, 1.82) is 0 Å². The summed E-state index contributed by atoms with van der Waals surface area (Å²) in [6.45, 7) is 35.5. The van der Waals surface area contributed by atoms with Gasteiger partial charge in [-0.05, 0) is 69.2 Å². The van der Waals surface area contributed by atoms with Crippen molar-refractivity contribution < 1.29 is 135 Å². The number of ether oxygens (including phenoxy) is 10. The lowest BCUT2D eigenvalue weighted by Crippen LogP contribution is -2.48. The zero-order valence-corrected chi connectivity index (χ0v) is 64.5. The molecule has 6 aliphatic rings. The molecule has 0 bridgehead atoms. The predicted molar refractivity (Wildman–Crippen MR) is 379 cm³/mol. The summed E-state index contributed by atoms with van der Waals surface area (Å²) < 4.78 is 51.4. The van der Waals surface area contributed by atoms with Crippen molar-refractivity contribution in [1.82, 2.24) is 80.1 Å². The molecule has 6 rings (SSSR count). The van der Waals surface area contributed by atoms with Crippen LogP contribution in [0.5, 0.6) is 0 Å². The van der Waals surface area contributed by atoms with Gasteiger partial charge in [0.2, 0.25) is 0 Å². The molecule has 4 atom stereocenters. The molecule has 0 aromatic carbocycles. The van der Waals surface area contributed by atoms with Gasteiger partial charge >= 0.3 is 48.2 Å². The zero-order valence-electron chi connectivity index (χ0n) is 64.5. The Hall–Kier alpha value is -8.09. The van der Waals surface area contributed by atoms with Gasteiger partial charge in [0.25, 0.3) is 0 Å². The number of methoxy groups -OCH3 is 5. The molecule has 0 aromatic heterocycles. The van der Waals surface area contributed by atoms with Crippen molar-refractivity contribution in [3.05, 3.63) is 0 Å². The molecule has 6 fully saturated rings. The topological polar surface area (TPSA) is 502 Å². The average molecular weight is 1540 g/mol. The van der Waals surface area contributed by atoms with Crippen molar-refractivity contribution >= 4 is 82.2 Å². The molecule has 4 unspecified atom stereocenters. The van der Waals surface area contributed by atoms with E-state index in [2.05, 4.69) is 26.0 Å². The number of likely N-dealkylation sites (N-methyl/N-ethyl adjacent to an activating group) is 3. The SMILES string of the molecule is C=O.C=O.C=O.C=O.C=O.CCNC(=O)NCOCC.CCOCN1C(=O)N(CC)C(C)C1OCC.CCOCN1C(=O)N(CC)C2C1N(COCC)C(=O)N2CC.COCN1C(=O)N(CCO)C(CO)C1OC.COCN1C(=O)N(CCO)C2C1N(COC)C(=O)N2CCO.COCNC(=O)NCCO. The third-order valence-corrected chi connectivity index (χ3v) is 14.9. The molecule has 0 saturated carbocycles. The van der Waals surface area contributed by atoms with Gasteiger partial charge in [-0.1, -0.05) is 0 Å². The Morgan fingerprint density at radius 3 is 1.05 bits per heavy atom. The first-order valence-corrected chi connectivity index (χ1v) is 33.6. The van der Waals surface area contributed by atoms with E-state index in [0.29, 0.717) is 65.9 Å². The highest BCUT2D eigenvalue weighted by atomic mass is 16.5. The third-order valence-electron chi connectivity index (χ3n) is 14.9.